The number of ether oxygens (including phenoxy) is 1. The molecule has 0 atom stereocenters. The number of aromatic amines is 1. The molecule has 1 aromatic heterocycles. The molecule has 6 heteroatoms. The maximum Gasteiger partial charge on any atom is 0.253 e. The van der Waals surface area contributed by atoms with Crippen molar-refractivity contribution >= 4 is 22.4 Å². The Labute approximate surface area is 166 Å². The number of hydrogen-bond donors (Lipinski definition) is 1. The van der Waals surface area contributed by atoms with E-state index in [2.05, 4.69) is 40.2 Å². The Kier molecular flexibility index (Phi) is 5.80. The molecule has 1 amide bonds. The second-order valence-corrected chi connectivity index (χ2v) is 7.83. The van der Waals surface area contributed by atoms with Gasteiger partial charge in [-0.1, -0.05) is 6.08 Å². The lowest BCUT2D eigenvalue weighted by Gasteiger charge is -2.34. The number of piperazine rings is 1. The second kappa shape index (κ2) is 8.47. The summed E-state index contributed by atoms with van der Waals surface area (Å²) in [7, 11) is 3.88. The zero-order valence-electron chi connectivity index (χ0n) is 16.9. The van der Waals surface area contributed by atoms with Crippen LogP contribution in [0, 0.1) is 0 Å². The molecule has 3 heterocycles. The third-order valence-corrected chi connectivity index (χ3v) is 5.96. The average molecular weight is 383 g/mol. The maximum absolute atomic E-state index is 13.1. The molecule has 0 aliphatic carbocycles. The van der Waals surface area contributed by atoms with Gasteiger partial charge in [0.1, 0.15) is 0 Å². The van der Waals surface area contributed by atoms with Crippen molar-refractivity contribution in [3.8, 4) is 0 Å². The van der Waals surface area contributed by atoms with Crippen LogP contribution in [0.3, 0.4) is 0 Å². The highest BCUT2D eigenvalue weighted by atomic mass is 16.5. The Morgan fingerprint density at radius 2 is 2.00 bits per heavy atom. The lowest BCUT2D eigenvalue weighted by atomic mass is 9.98. The van der Waals surface area contributed by atoms with Gasteiger partial charge in [-0.2, -0.15) is 0 Å². The molecule has 2 aliphatic rings. The van der Waals surface area contributed by atoms with E-state index in [-0.39, 0.29) is 5.91 Å². The number of nitrogens with one attached hydrogen (secondary N) is 1. The third-order valence-electron chi connectivity index (χ3n) is 5.96. The van der Waals surface area contributed by atoms with Crippen LogP contribution in [-0.2, 0) is 4.74 Å². The topological polar surface area (TPSA) is 51.8 Å². The van der Waals surface area contributed by atoms with Crippen LogP contribution < -0.4 is 0 Å². The van der Waals surface area contributed by atoms with Gasteiger partial charge in [0.25, 0.3) is 5.91 Å². The van der Waals surface area contributed by atoms with Gasteiger partial charge in [0.05, 0.1) is 6.61 Å². The van der Waals surface area contributed by atoms with E-state index in [1.165, 1.54) is 11.1 Å². The van der Waals surface area contributed by atoms with Crippen LogP contribution >= 0.6 is 0 Å². The minimum Gasteiger partial charge on any atom is -0.383 e. The highest BCUT2D eigenvalue weighted by molar-refractivity contribution is 6.01. The fourth-order valence-electron chi connectivity index (χ4n) is 4.11. The molecule has 0 spiro atoms. The second-order valence-electron chi connectivity index (χ2n) is 7.83. The Bertz CT molecular complexity index is 865. The molecule has 1 N–H and O–H groups in total. The van der Waals surface area contributed by atoms with Gasteiger partial charge in [0.2, 0.25) is 0 Å². The predicted molar refractivity (Wildman–Crippen MR) is 113 cm³/mol. The first-order valence-corrected chi connectivity index (χ1v) is 10.2. The average Bonchev–Trinajstić information content (AvgIpc) is 3.16. The van der Waals surface area contributed by atoms with Crippen molar-refractivity contribution in [1.29, 1.82) is 0 Å². The first-order valence-electron chi connectivity index (χ1n) is 10.2. The summed E-state index contributed by atoms with van der Waals surface area (Å²) in [6.07, 6.45) is 5.44. The predicted octanol–water partition coefficient (Wildman–Crippen LogP) is 2.29. The quantitative estimate of drug-likeness (QED) is 0.862. The number of carbonyl (C=O) groups is 1. The van der Waals surface area contributed by atoms with Crippen molar-refractivity contribution < 1.29 is 9.53 Å². The van der Waals surface area contributed by atoms with Gasteiger partial charge in [-0.3, -0.25) is 9.69 Å². The number of likely N-dealkylation sites (N-methyl/N-ethyl adjacent to an activating group) is 1. The molecule has 1 saturated heterocycles. The summed E-state index contributed by atoms with van der Waals surface area (Å²) in [6.45, 7) is 7.10. The summed E-state index contributed by atoms with van der Waals surface area (Å²) in [4.78, 5) is 23.1. The highest BCUT2D eigenvalue weighted by Gasteiger charge is 2.23. The molecule has 4 rings (SSSR count). The van der Waals surface area contributed by atoms with Gasteiger partial charge in [-0.05, 0) is 37.2 Å². The zero-order valence-corrected chi connectivity index (χ0v) is 16.9. The van der Waals surface area contributed by atoms with E-state index in [1.807, 2.05) is 17.0 Å². The molecular weight excluding hydrogens is 352 g/mol. The third kappa shape index (κ3) is 3.99. The Hall–Kier alpha value is -2.15. The zero-order chi connectivity index (χ0) is 19.5. The summed E-state index contributed by atoms with van der Waals surface area (Å²) < 4.78 is 5.16. The molecule has 2 aromatic rings. The largest absolute Gasteiger partial charge is 0.383 e. The Morgan fingerprint density at radius 3 is 2.71 bits per heavy atom. The standard InChI is InChI=1S/C22H30N4O2/c1-24-7-5-17(6-8-24)20-16-23-21-4-3-18(15-19(20)21)22(27)26-11-9-25(10-12-26)13-14-28-2/h3-5,15-16,23H,6-14H2,1-2H3. The Morgan fingerprint density at radius 1 is 1.18 bits per heavy atom. The van der Waals surface area contributed by atoms with E-state index in [0.29, 0.717) is 0 Å². The molecule has 1 aromatic carbocycles. The number of hydrogen-bond acceptors (Lipinski definition) is 4. The number of rotatable bonds is 5. The smallest absolute Gasteiger partial charge is 0.253 e. The number of carbonyl (C=O) groups excluding carboxylic acids is 1. The first-order chi connectivity index (χ1) is 13.7. The van der Waals surface area contributed by atoms with Gasteiger partial charge in [0, 0.05) is 81.1 Å². The number of aromatic nitrogens is 1. The first kappa shape index (κ1) is 19.2. The molecule has 0 unspecified atom stereocenters. The van der Waals surface area contributed by atoms with E-state index >= 15 is 0 Å². The monoisotopic (exact) mass is 382 g/mol. The van der Waals surface area contributed by atoms with Crippen LogP contribution in [0.1, 0.15) is 22.3 Å². The van der Waals surface area contributed by atoms with Crippen LogP contribution in [0.15, 0.2) is 30.5 Å². The molecule has 150 valence electrons. The lowest BCUT2D eigenvalue weighted by Crippen LogP contribution is -2.49. The van der Waals surface area contributed by atoms with Crippen LogP contribution in [0.2, 0.25) is 0 Å². The van der Waals surface area contributed by atoms with Crippen LogP contribution in [-0.4, -0.2) is 92.2 Å². The minimum absolute atomic E-state index is 0.137. The lowest BCUT2D eigenvalue weighted by molar-refractivity contribution is 0.0594. The fourth-order valence-corrected chi connectivity index (χ4v) is 4.11. The van der Waals surface area contributed by atoms with Crippen molar-refractivity contribution in [2.24, 2.45) is 0 Å². The highest BCUT2D eigenvalue weighted by Crippen LogP contribution is 2.30. The van der Waals surface area contributed by atoms with Crippen molar-refractivity contribution in [2.75, 3.05) is 66.6 Å². The van der Waals surface area contributed by atoms with Crippen molar-refractivity contribution in [3.05, 3.63) is 41.6 Å². The van der Waals surface area contributed by atoms with Crippen molar-refractivity contribution in [3.63, 3.8) is 0 Å². The summed E-state index contributed by atoms with van der Waals surface area (Å²) in [5, 5.41) is 1.15. The van der Waals surface area contributed by atoms with Crippen LogP contribution in [0.4, 0.5) is 0 Å². The number of H-pyrrole nitrogens is 1. The van der Waals surface area contributed by atoms with E-state index in [4.69, 9.17) is 4.74 Å². The molecule has 0 radical (unpaired) electrons. The summed E-state index contributed by atoms with van der Waals surface area (Å²) in [5.74, 6) is 0.137. The van der Waals surface area contributed by atoms with Gasteiger partial charge in [-0.25, -0.2) is 0 Å². The van der Waals surface area contributed by atoms with Gasteiger partial charge >= 0.3 is 0 Å². The summed E-state index contributed by atoms with van der Waals surface area (Å²) in [6, 6.07) is 6.06. The van der Waals surface area contributed by atoms with Crippen molar-refractivity contribution in [1.82, 2.24) is 19.7 Å². The van der Waals surface area contributed by atoms with Crippen molar-refractivity contribution in [2.45, 2.75) is 6.42 Å². The molecular formula is C22H30N4O2. The summed E-state index contributed by atoms with van der Waals surface area (Å²) >= 11 is 0. The number of methoxy groups -OCH3 is 1. The van der Waals surface area contributed by atoms with E-state index < -0.39 is 0 Å². The summed E-state index contributed by atoms with van der Waals surface area (Å²) in [5.41, 5.74) is 4.49. The van der Waals surface area contributed by atoms with E-state index in [9.17, 15) is 4.79 Å². The van der Waals surface area contributed by atoms with E-state index in [0.717, 1.165) is 75.3 Å². The SMILES string of the molecule is COCCN1CCN(C(=O)c2ccc3[nH]cc(C4=CCN(C)CC4)c3c2)CC1. The van der Waals surface area contributed by atoms with Gasteiger partial charge in [-0.15, -0.1) is 0 Å². The number of fused-ring (bicyclic) bond motifs is 1. The van der Waals surface area contributed by atoms with Crippen LogP contribution in [0.25, 0.3) is 16.5 Å². The normalized spacial score (nSPS) is 19.2. The molecule has 0 bridgehead atoms. The number of amides is 1. The molecule has 0 saturated carbocycles. The molecule has 6 nitrogen and oxygen atoms in total. The number of benzene rings is 1. The fraction of sp³-hybridized carbons (Fsp3) is 0.500. The van der Waals surface area contributed by atoms with E-state index in [1.54, 1.807) is 7.11 Å². The molecule has 1 fully saturated rings. The maximum atomic E-state index is 13.1. The molecule has 2 aliphatic heterocycles. The van der Waals surface area contributed by atoms with Crippen LogP contribution in [0.5, 0.6) is 0 Å². The van der Waals surface area contributed by atoms with Gasteiger partial charge < -0.3 is 19.5 Å². The minimum atomic E-state index is 0.137. The Balaban J connectivity index is 1.50. The number of nitrogens with zero attached hydrogens (tertiary/aromatic N) is 3. The molecule has 28 heavy (non-hydrogen) atoms. The van der Waals surface area contributed by atoms with Gasteiger partial charge in [0.15, 0.2) is 0 Å².